The van der Waals surface area contributed by atoms with E-state index in [2.05, 4.69) is 21.3 Å². The molecule has 16 heteroatoms. The smallest absolute Gasteiger partial charge is 0.319 e. The van der Waals surface area contributed by atoms with E-state index in [0.29, 0.717) is 66.2 Å². The molecule has 0 radical (unpaired) electrons. The standard InChI is InChI=1S/C33H37ClN6O7S2/c34-22-1-3-25(4-2-22)37-33(45)38-28(32(44)36-24-7-11-27(12-8-24)40-15-17-47-20-31(40)43)21-49-48-18-13-29(41)35-23-5-9-26(10-6-23)39-14-16-46-19-30(39)42/h1-12,28-29,35,41H,13-21H2,(H,36,44)(H2,37,38,45). The first kappa shape index (κ1) is 36.3. The van der Waals surface area contributed by atoms with Gasteiger partial charge in [0.25, 0.3) is 11.8 Å². The summed E-state index contributed by atoms with van der Waals surface area (Å²) in [5.41, 5.74) is 3.22. The van der Waals surface area contributed by atoms with Crippen LogP contribution in [0, 0.1) is 0 Å². The second kappa shape index (κ2) is 18.1. The highest BCUT2D eigenvalue weighted by atomic mass is 35.5. The van der Waals surface area contributed by atoms with Crippen molar-refractivity contribution in [1.82, 2.24) is 5.32 Å². The average molecular weight is 729 g/mol. The Bertz CT molecular complexity index is 1580. The Labute approximate surface area is 296 Å². The van der Waals surface area contributed by atoms with Crippen LogP contribution < -0.4 is 31.1 Å². The summed E-state index contributed by atoms with van der Waals surface area (Å²) >= 11 is 5.95. The lowest BCUT2D eigenvalue weighted by atomic mass is 10.2. The Balaban J connectivity index is 1.11. The van der Waals surface area contributed by atoms with Gasteiger partial charge in [0.05, 0.1) is 13.2 Å². The molecule has 2 saturated heterocycles. The highest BCUT2D eigenvalue weighted by molar-refractivity contribution is 8.76. The second-order valence-electron chi connectivity index (χ2n) is 11.0. The summed E-state index contributed by atoms with van der Waals surface area (Å²) in [7, 11) is 2.85. The Morgan fingerprint density at radius 2 is 1.31 bits per heavy atom. The summed E-state index contributed by atoms with van der Waals surface area (Å²) in [4.78, 5) is 53.7. The summed E-state index contributed by atoms with van der Waals surface area (Å²) in [5, 5.41) is 22.4. The van der Waals surface area contributed by atoms with Gasteiger partial charge in [0.15, 0.2) is 0 Å². The largest absolute Gasteiger partial charge is 0.374 e. The maximum atomic E-state index is 13.3. The zero-order valence-corrected chi connectivity index (χ0v) is 28.8. The molecule has 260 valence electrons. The summed E-state index contributed by atoms with van der Waals surface area (Å²) in [6.45, 7) is 2.00. The molecule has 5 N–H and O–H groups in total. The average Bonchev–Trinajstić information content (AvgIpc) is 3.10. The number of carbonyl (C=O) groups excluding carboxylic acids is 4. The normalized spacial score (nSPS) is 16.1. The molecule has 0 bridgehead atoms. The zero-order chi connectivity index (χ0) is 34.6. The fourth-order valence-electron chi connectivity index (χ4n) is 4.91. The van der Waals surface area contributed by atoms with Crippen molar-refractivity contribution in [3.63, 3.8) is 0 Å². The lowest BCUT2D eigenvalue weighted by Crippen LogP contribution is -2.47. The van der Waals surface area contributed by atoms with E-state index in [1.165, 1.54) is 21.6 Å². The van der Waals surface area contributed by atoms with Gasteiger partial charge < -0.3 is 45.6 Å². The molecule has 2 aliphatic rings. The van der Waals surface area contributed by atoms with Crippen LogP contribution in [0.4, 0.5) is 33.2 Å². The first-order valence-corrected chi connectivity index (χ1v) is 18.4. The molecule has 5 amide bonds. The molecule has 2 unspecified atom stereocenters. The van der Waals surface area contributed by atoms with Crippen molar-refractivity contribution >= 4 is 85.4 Å². The van der Waals surface area contributed by atoms with Gasteiger partial charge in [-0.25, -0.2) is 4.79 Å². The van der Waals surface area contributed by atoms with Crippen molar-refractivity contribution in [2.45, 2.75) is 18.7 Å². The van der Waals surface area contributed by atoms with E-state index in [1.807, 2.05) is 24.3 Å². The van der Waals surface area contributed by atoms with E-state index < -0.39 is 24.2 Å². The predicted octanol–water partition coefficient (Wildman–Crippen LogP) is 4.40. The molecule has 13 nitrogen and oxygen atoms in total. The molecule has 2 heterocycles. The minimum atomic E-state index is -0.898. The number of carbonyl (C=O) groups is 4. The van der Waals surface area contributed by atoms with Crippen LogP contribution in [0.3, 0.4) is 0 Å². The van der Waals surface area contributed by atoms with Crippen molar-refractivity contribution in [2.75, 3.05) is 76.8 Å². The third-order valence-corrected chi connectivity index (χ3v) is 10.1. The third-order valence-electron chi connectivity index (χ3n) is 7.45. The number of urea groups is 1. The van der Waals surface area contributed by atoms with Crippen LogP contribution in [0.25, 0.3) is 0 Å². The SMILES string of the molecule is O=C(Nc1ccc(Cl)cc1)NC(CSSCCC(O)Nc1ccc(N2CCOCC2=O)cc1)C(=O)Nc1ccc(N2CCOCC2=O)cc1. The van der Waals surface area contributed by atoms with Crippen molar-refractivity contribution in [3.05, 3.63) is 77.8 Å². The van der Waals surface area contributed by atoms with Crippen molar-refractivity contribution in [3.8, 4) is 0 Å². The van der Waals surface area contributed by atoms with E-state index in [-0.39, 0.29) is 30.8 Å². The number of rotatable bonds is 14. The Hall–Kier alpha value is -3.99. The van der Waals surface area contributed by atoms with Gasteiger partial charge in [-0.1, -0.05) is 33.2 Å². The lowest BCUT2D eigenvalue weighted by molar-refractivity contribution is -0.126. The van der Waals surface area contributed by atoms with E-state index in [4.69, 9.17) is 21.1 Å². The Morgan fingerprint density at radius 3 is 1.88 bits per heavy atom. The molecule has 2 aliphatic heterocycles. The number of aliphatic hydroxyl groups is 1. The van der Waals surface area contributed by atoms with Crippen LogP contribution in [0.15, 0.2) is 72.8 Å². The molecule has 2 fully saturated rings. The van der Waals surface area contributed by atoms with Gasteiger partial charge in [0, 0.05) is 64.5 Å². The predicted molar refractivity (Wildman–Crippen MR) is 194 cm³/mol. The quantitative estimate of drug-likeness (QED) is 0.0915. The number of amides is 5. The number of nitrogens with zero attached hydrogens (tertiary/aromatic N) is 2. The number of hydrogen-bond acceptors (Lipinski definition) is 10. The van der Waals surface area contributed by atoms with E-state index in [9.17, 15) is 24.3 Å². The van der Waals surface area contributed by atoms with Crippen LogP contribution in [-0.2, 0) is 23.9 Å². The third kappa shape index (κ3) is 11.0. The molecule has 5 rings (SSSR count). The topological polar surface area (TPSA) is 162 Å². The summed E-state index contributed by atoms with van der Waals surface area (Å²) in [6.07, 6.45) is -0.400. The van der Waals surface area contributed by atoms with Crippen LogP contribution in [0.5, 0.6) is 0 Å². The maximum absolute atomic E-state index is 13.3. The lowest BCUT2D eigenvalue weighted by Gasteiger charge is -2.27. The molecule has 2 atom stereocenters. The number of aliphatic hydroxyl groups excluding tert-OH is 1. The second-order valence-corrected chi connectivity index (χ2v) is 14.1. The van der Waals surface area contributed by atoms with Gasteiger partial charge in [-0.05, 0) is 72.8 Å². The van der Waals surface area contributed by atoms with E-state index in [0.717, 1.165) is 5.69 Å². The molecular formula is C33H37ClN6O7S2. The number of morpholine rings is 2. The number of nitrogens with one attached hydrogen (secondary N) is 4. The van der Waals surface area contributed by atoms with Gasteiger partial charge in [-0.3, -0.25) is 14.4 Å². The summed E-state index contributed by atoms with van der Waals surface area (Å²) in [5.74, 6) is 0.172. The molecule has 49 heavy (non-hydrogen) atoms. The zero-order valence-electron chi connectivity index (χ0n) is 26.4. The molecular weight excluding hydrogens is 692 g/mol. The van der Waals surface area contributed by atoms with Crippen LogP contribution in [0.2, 0.25) is 5.02 Å². The van der Waals surface area contributed by atoms with E-state index in [1.54, 1.807) is 58.3 Å². The fraction of sp³-hybridized carbons (Fsp3) is 0.333. The first-order valence-electron chi connectivity index (χ1n) is 15.5. The van der Waals surface area contributed by atoms with Gasteiger partial charge in [0.1, 0.15) is 25.5 Å². The Kier molecular flexibility index (Phi) is 13.4. The number of benzene rings is 3. The van der Waals surface area contributed by atoms with Gasteiger partial charge >= 0.3 is 6.03 Å². The maximum Gasteiger partial charge on any atom is 0.319 e. The minimum Gasteiger partial charge on any atom is -0.374 e. The molecule has 3 aromatic carbocycles. The molecule has 3 aromatic rings. The monoisotopic (exact) mass is 728 g/mol. The highest BCUT2D eigenvalue weighted by Gasteiger charge is 2.24. The highest BCUT2D eigenvalue weighted by Crippen LogP contribution is 2.26. The molecule has 0 aromatic heterocycles. The first-order chi connectivity index (χ1) is 23.7. The van der Waals surface area contributed by atoms with Crippen LogP contribution in [-0.4, -0.2) is 92.2 Å². The van der Waals surface area contributed by atoms with E-state index >= 15 is 0 Å². The molecule has 0 aliphatic carbocycles. The van der Waals surface area contributed by atoms with Crippen LogP contribution in [0.1, 0.15) is 6.42 Å². The van der Waals surface area contributed by atoms with Crippen LogP contribution >= 0.6 is 33.2 Å². The van der Waals surface area contributed by atoms with Gasteiger partial charge in [0.2, 0.25) is 5.91 Å². The molecule has 0 saturated carbocycles. The number of ether oxygens (including phenoxy) is 2. The fourth-order valence-corrected chi connectivity index (χ4v) is 7.28. The summed E-state index contributed by atoms with van der Waals surface area (Å²) in [6, 6.07) is 19.3. The van der Waals surface area contributed by atoms with Crippen molar-refractivity contribution in [1.29, 1.82) is 0 Å². The molecule has 0 spiro atoms. The van der Waals surface area contributed by atoms with Gasteiger partial charge in [-0.15, -0.1) is 0 Å². The van der Waals surface area contributed by atoms with Crippen molar-refractivity contribution in [2.24, 2.45) is 0 Å². The Morgan fingerprint density at radius 1 is 0.776 bits per heavy atom. The number of anilines is 5. The number of halogens is 1. The number of hydrogen-bond donors (Lipinski definition) is 5. The minimum absolute atomic E-state index is 0.0304. The van der Waals surface area contributed by atoms with Gasteiger partial charge in [-0.2, -0.15) is 0 Å². The van der Waals surface area contributed by atoms with Crippen molar-refractivity contribution < 1.29 is 33.8 Å². The summed E-state index contributed by atoms with van der Waals surface area (Å²) < 4.78 is 10.4.